The van der Waals surface area contributed by atoms with Crippen LogP contribution in [0.4, 0.5) is 0 Å². The first-order valence-electron chi connectivity index (χ1n) is 9.74. The molecule has 1 saturated heterocycles. The second kappa shape index (κ2) is 9.84. The van der Waals surface area contributed by atoms with Crippen molar-refractivity contribution in [1.29, 1.82) is 0 Å². The molecule has 15 heteroatoms. The van der Waals surface area contributed by atoms with Crippen LogP contribution in [-0.4, -0.2) is 66.2 Å². The van der Waals surface area contributed by atoms with Gasteiger partial charge in [-0.3, -0.25) is 8.80 Å². The number of likely N-dealkylation sites (N-methyl/N-ethyl adjacent to an activating group) is 1. The molecule has 0 N–H and O–H groups in total. The fourth-order valence-electron chi connectivity index (χ4n) is 3.39. The number of hydrogen-bond acceptors (Lipinski definition) is 7. The molecule has 5 rings (SSSR count). The van der Waals surface area contributed by atoms with E-state index in [2.05, 4.69) is 41.8 Å². The van der Waals surface area contributed by atoms with Gasteiger partial charge < -0.3 is 4.74 Å². The predicted octanol–water partition coefficient (Wildman–Crippen LogP) is 3.53. The van der Waals surface area contributed by atoms with Gasteiger partial charge in [0.05, 0.1) is 25.0 Å². The van der Waals surface area contributed by atoms with Gasteiger partial charge in [-0.25, -0.2) is 26.8 Å². The summed E-state index contributed by atoms with van der Waals surface area (Å²) >= 11 is 6.58. The van der Waals surface area contributed by atoms with Crippen LogP contribution in [0.2, 0.25) is 0 Å². The normalized spacial score (nSPS) is 16.8. The number of pyridine rings is 2. The van der Waals surface area contributed by atoms with Crippen molar-refractivity contribution < 1.29 is 21.6 Å². The molecule has 0 aliphatic carbocycles. The average Bonchev–Trinajstić information content (AvgIpc) is 3.51. The van der Waals surface area contributed by atoms with Crippen molar-refractivity contribution in [1.82, 2.24) is 23.1 Å². The number of nitrogens with zero attached hydrogens (tertiary/aromatic N) is 5. The Morgan fingerprint density at radius 3 is 2.00 bits per heavy atom. The van der Waals surface area contributed by atoms with Crippen molar-refractivity contribution in [2.75, 3.05) is 20.3 Å². The van der Waals surface area contributed by atoms with Gasteiger partial charge >= 0.3 is 0 Å². The molecule has 1 fully saturated rings. The monoisotopic (exact) mass is 653 g/mol. The number of hydrogen-bond donors (Lipinski definition) is 0. The minimum Gasteiger partial charge on any atom is -0.380 e. The van der Waals surface area contributed by atoms with Crippen molar-refractivity contribution in [2.45, 2.75) is 22.5 Å². The number of halogens is 3. The third-order valence-corrected chi connectivity index (χ3v) is 9.29. The number of aromatic nitrogens is 4. The Morgan fingerprint density at radius 2 is 1.50 bits per heavy atom. The molecular formula is C19H18Br2ClN5O5S2. The summed E-state index contributed by atoms with van der Waals surface area (Å²) < 4.78 is 58.8. The first kappa shape index (κ1) is 25.5. The lowest BCUT2D eigenvalue weighted by Gasteiger charge is -2.22. The van der Waals surface area contributed by atoms with Crippen LogP contribution in [0.3, 0.4) is 0 Å². The summed E-state index contributed by atoms with van der Waals surface area (Å²) in [6.07, 6.45) is 6.63. The van der Waals surface area contributed by atoms with Gasteiger partial charge in [0, 0.05) is 45.7 Å². The predicted molar refractivity (Wildman–Crippen MR) is 133 cm³/mol. The Hall–Kier alpha value is -1.55. The minimum atomic E-state index is -3.75. The number of sulfonamides is 1. The van der Waals surface area contributed by atoms with Gasteiger partial charge in [0.2, 0.25) is 0 Å². The molecule has 0 amide bonds. The molecule has 1 unspecified atom stereocenters. The number of rotatable bonds is 4. The van der Waals surface area contributed by atoms with E-state index in [1.165, 1.54) is 21.1 Å². The average molecular weight is 656 g/mol. The molecule has 5 heterocycles. The Morgan fingerprint density at radius 1 is 0.971 bits per heavy atom. The highest BCUT2D eigenvalue weighted by atomic mass is 79.9. The molecule has 1 atom stereocenters. The summed E-state index contributed by atoms with van der Waals surface area (Å²) in [5.41, 5.74) is 1.13. The third-order valence-electron chi connectivity index (χ3n) is 5.18. The van der Waals surface area contributed by atoms with E-state index in [1.807, 2.05) is 6.07 Å². The molecule has 34 heavy (non-hydrogen) atoms. The van der Waals surface area contributed by atoms with Crippen molar-refractivity contribution in [3.8, 4) is 0 Å². The summed E-state index contributed by atoms with van der Waals surface area (Å²) in [6.45, 7) is 1.04. The van der Waals surface area contributed by atoms with E-state index in [0.717, 1.165) is 15.4 Å². The Bertz CT molecular complexity index is 1570. The van der Waals surface area contributed by atoms with Crippen LogP contribution in [0.1, 0.15) is 6.42 Å². The third kappa shape index (κ3) is 5.17. The fourth-order valence-corrected chi connectivity index (χ4v) is 6.40. The zero-order chi connectivity index (χ0) is 24.7. The van der Waals surface area contributed by atoms with E-state index in [1.54, 1.807) is 42.0 Å². The first-order chi connectivity index (χ1) is 16.0. The van der Waals surface area contributed by atoms with Gasteiger partial charge in [-0.2, -0.15) is 4.31 Å². The van der Waals surface area contributed by atoms with E-state index in [4.69, 9.17) is 15.4 Å². The molecule has 4 aromatic rings. The zero-order valence-electron chi connectivity index (χ0n) is 17.5. The van der Waals surface area contributed by atoms with E-state index >= 15 is 0 Å². The lowest BCUT2D eigenvalue weighted by atomic mass is 10.3. The van der Waals surface area contributed by atoms with Crippen LogP contribution >= 0.6 is 42.5 Å². The maximum Gasteiger partial charge on any atom is 0.278 e. The number of imidazole rings is 2. The van der Waals surface area contributed by atoms with Crippen molar-refractivity contribution in [3.05, 3.63) is 58.0 Å². The van der Waals surface area contributed by atoms with Crippen molar-refractivity contribution >= 4 is 72.9 Å². The molecule has 0 spiro atoms. The van der Waals surface area contributed by atoms with Crippen LogP contribution in [0.25, 0.3) is 11.3 Å². The molecule has 0 bridgehead atoms. The van der Waals surface area contributed by atoms with Gasteiger partial charge in [0.1, 0.15) is 11.3 Å². The van der Waals surface area contributed by atoms with Gasteiger partial charge in [-0.05, 0) is 62.5 Å². The molecule has 182 valence electrons. The van der Waals surface area contributed by atoms with Gasteiger partial charge in [-0.15, -0.1) is 0 Å². The Kier molecular flexibility index (Phi) is 7.39. The summed E-state index contributed by atoms with van der Waals surface area (Å²) in [7, 11) is -0.524. The Balaban J connectivity index is 0.000000172. The van der Waals surface area contributed by atoms with Crippen LogP contribution in [0, 0.1) is 0 Å². The minimum absolute atomic E-state index is 0.0320. The molecule has 1 aliphatic heterocycles. The lowest BCUT2D eigenvalue weighted by Crippen LogP contribution is -2.37. The largest absolute Gasteiger partial charge is 0.380 e. The van der Waals surface area contributed by atoms with Crippen molar-refractivity contribution in [3.63, 3.8) is 0 Å². The molecule has 0 radical (unpaired) electrons. The molecule has 1 aliphatic rings. The molecular weight excluding hydrogens is 638 g/mol. The van der Waals surface area contributed by atoms with Crippen LogP contribution in [-0.2, 0) is 23.8 Å². The summed E-state index contributed by atoms with van der Waals surface area (Å²) in [6, 6.07) is 6.94. The Labute approximate surface area is 217 Å². The molecule has 0 aromatic carbocycles. The zero-order valence-corrected chi connectivity index (χ0v) is 23.1. The van der Waals surface area contributed by atoms with E-state index in [0.29, 0.717) is 24.5 Å². The second-order valence-electron chi connectivity index (χ2n) is 7.32. The summed E-state index contributed by atoms with van der Waals surface area (Å²) in [5, 5.41) is 0.138. The highest BCUT2D eigenvalue weighted by Crippen LogP contribution is 2.23. The molecule has 0 saturated carbocycles. The van der Waals surface area contributed by atoms with E-state index in [9.17, 15) is 16.8 Å². The van der Waals surface area contributed by atoms with Gasteiger partial charge in [-0.1, -0.05) is 0 Å². The SMILES string of the molecule is CN(C1CCOC1)S(=O)(=O)c1cnc2ccc(Br)cn12.O=S(=O)(Cl)c1cnc2ccc(Br)cn12. The van der Waals surface area contributed by atoms with E-state index < -0.39 is 19.1 Å². The molecule has 4 aromatic heterocycles. The summed E-state index contributed by atoms with van der Waals surface area (Å²) in [5.74, 6) is 0. The number of ether oxygens (including phenoxy) is 1. The summed E-state index contributed by atoms with van der Waals surface area (Å²) in [4.78, 5) is 8.04. The topological polar surface area (TPSA) is 115 Å². The number of fused-ring (bicyclic) bond motifs is 2. The lowest BCUT2D eigenvalue weighted by molar-refractivity contribution is 0.180. The standard InChI is InChI=1S/C12H14BrN3O3S.C7H4BrClN2O2S/c1-15(10-4-5-19-8-10)20(17,18)12-6-14-11-3-2-9(13)7-16(11)12;8-5-1-2-6-10-3-7(11(6)4-5)14(9,12)13/h2-3,6-7,10H,4-5,8H2,1H3;1-4H. The smallest absolute Gasteiger partial charge is 0.278 e. The van der Waals surface area contributed by atoms with Crippen LogP contribution in [0.15, 0.2) is 68.1 Å². The van der Waals surface area contributed by atoms with Gasteiger partial charge in [0.25, 0.3) is 19.1 Å². The maximum absolute atomic E-state index is 12.7. The highest BCUT2D eigenvalue weighted by Gasteiger charge is 2.32. The van der Waals surface area contributed by atoms with Crippen LogP contribution in [0.5, 0.6) is 0 Å². The quantitative estimate of drug-likeness (QED) is 0.309. The maximum atomic E-state index is 12.7. The van der Waals surface area contributed by atoms with Gasteiger partial charge in [0.15, 0.2) is 10.1 Å². The highest BCUT2D eigenvalue weighted by molar-refractivity contribution is 9.10. The first-order valence-corrected chi connectivity index (χ1v) is 15.1. The fraction of sp³-hybridized carbons (Fsp3) is 0.263. The second-order valence-corrected chi connectivity index (χ2v) is 13.6. The molecule has 10 nitrogen and oxygen atoms in total. The van der Waals surface area contributed by atoms with Crippen LogP contribution < -0.4 is 0 Å². The van der Waals surface area contributed by atoms with E-state index in [-0.39, 0.29) is 16.1 Å². The van der Waals surface area contributed by atoms with Crippen molar-refractivity contribution in [2.24, 2.45) is 0 Å².